The number of nitrogens with one attached hydrogen (secondary N) is 1. The van der Waals surface area contributed by atoms with Crippen LogP contribution in [-0.2, 0) is 6.54 Å². The molecule has 0 radical (unpaired) electrons. The molecule has 0 unspecified atom stereocenters. The quantitative estimate of drug-likeness (QED) is 0.770. The van der Waals surface area contributed by atoms with Gasteiger partial charge in [0, 0.05) is 12.2 Å². The fraction of sp³-hybridized carbons (Fsp3) is 0.0625. The van der Waals surface area contributed by atoms with Crippen LogP contribution >= 0.6 is 0 Å². The molecule has 0 saturated heterocycles. The number of fused-ring (bicyclic) bond motifs is 1. The fourth-order valence-corrected chi connectivity index (χ4v) is 2.07. The van der Waals surface area contributed by atoms with Gasteiger partial charge in [-0.3, -0.25) is 9.78 Å². The van der Waals surface area contributed by atoms with Crippen LogP contribution in [0.5, 0.6) is 0 Å². The lowest BCUT2D eigenvalue weighted by Gasteiger charge is -2.09. The number of carbonyl (C=O) groups excluding carboxylic acids is 1. The van der Waals surface area contributed by atoms with Crippen molar-refractivity contribution in [3.05, 3.63) is 66.0 Å². The highest BCUT2D eigenvalue weighted by Crippen LogP contribution is 2.15. The Morgan fingerprint density at radius 1 is 1.05 bits per heavy atom. The zero-order valence-corrected chi connectivity index (χ0v) is 11.3. The van der Waals surface area contributed by atoms with E-state index in [1.807, 2.05) is 48.5 Å². The molecule has 1 heterocycles. The molecule has 0 atom stereocenters. The highest BCUT2D eigenvalue weighted by molar-refractivity contribution is 6.03. The van der Waals surface area contributed by atoms with Crippen LogP contribution in [0.4, 0.5) is 5.69 Å². The molecule has 3 aromatic rings. The first-order valence-corrected chi connectivity index (χ1v) is 6.59. The van der Waals surface area contributed by atoms with Crippen molar-refractivity contribution in [3.63, 3.8) is 0 Å². The van der Waals surface area contributed by atoms with Crippen LogP contribution in [0, 0.1) is 0 Å². The number of rotatable bonds is 3. The van der Waals surface area contributed by atoms with Gasteiger partial charge in [0.1, 0.15) is 5.69 Å². The third kappa shape index (κ3) is 2.73. The number of para-hydroxylation sites is 3. The van der Waals surface area contributed by atoms with Gasteiger partial charge in [-0.05, 0) is 23.8 Å². The Morgan fingerprint density at radius 3 is 2.57 bits per heavy atom. The first kappa shape index (κ1) is 13.2. The molecule has 1 aromatic heterocycles. The molecule has 21 heavy (non-hydrogen) atoms. The number of nitrogens with zero attached hydrogens (tertiary/aromatic N) is 2. The summed E-state index contributed by atoms with van der Waals surface area (Å²) in [4.78, 5) is 20.8. The van der Waals surface area contributed by atoms with E-state index in [1.165, 1.54) is 6.20 Å². The van der Waals surface area contributed by atoms with Crippen molar-refractivity contribution in [1.82, 2.24) is 9.97 Å². The normalized spacial score (nSPS) is 10.5. The number of anilines is 1. The number of aromatic nitrogens is 2. The molecule has 0 bridgehead atoms. The second-order valence-corrected chi connectivity index (χ2v) is 4.56. The van der Waals surface area contributed by atoms with Gasteiger partial charge in [-0.2, -0.15) is 0 Å². The minimum absolute atomic E-state index is 0.278. The first-order chi connectivity index (χ1) is 10.3. The smallest absolute Gasteiger partial charge is 0.275 e. The molecule has 5 nitrogen and oxygen atoms in total. The van der Waals surface area contributed by atoms with Crippen LogP contribution in [0.3, 0.4) is 0 Å². The molecule has 0 aliphatic carbocycles. The van der Waals surface area contributed by atoms with Crippen molar-refractivity contribution >= 4 is 22.6 Å². The van der Waals surface area contributed by atoms with Crippen molar-refractivity contribution in [2.24, 2.45) is 5.73 Å². The van der Waals surface area contributed by atoms with Gasteiger partial charge in [-0.25, -0.2) is 4.98 Å². The molecule has 104 valence electrons. The van der Waals surface area contributed by atoms with Crippen LogP contribution in [0.25, 0.3) is 11.0 Å². The van der Waals surface area contributed by atoms with Crippen molar-refractivity contribution in [3.8, 4) is 0 Å². The van der Waals surface area contributed by atoms with E-state index in [1.54, 1.807) is 0 Å². The van der Waals surface area contributed by atoms with E-state index in [9.17, 15) is 4.79 Å². The Morgan fingerprint density at radius 2 is 1.76 bits per heavy atom. The topological polar surface area (TPSA) is 80.9 Å². The summed E-state index contributed by atoms with van der Waals surface area (Å²) in [6, 6.07) is 14.8. The van der Waals surface area contributed by atoms with Crippen LogP contribution in [0.15, 0.2) is 54.7 Å². The average Bonchev–Trinajstić information content (AvgIpc) is 2.55. The van der Waals surface area contributed by atoms with E-state index in [4.69, 9.17) is 5.73 Å². The van der Waals surface area contributed by atoms with E-state index in [0.717, 1.165) is 11.1 Å². The Balaban J connectivity index is 1.90. The Labute approximate surface area is 121 Å². The highest BCUT2D eigenvalue weighted by Gasteiger charge is 2.11. The van der Waals surface area contributed by atoms with Gasteiger partial charge in [-0.1, -0.05) is 30.3 Å². The predicted molar refractivity (Wildman–Crippen MR) is 81.8 cm³/mol. The van der Waals surface area contributed by atoms with Crippen molar-refractivity contribution < 1.29 is 4.79 Å². The van der Waals surface area contributed by atoms with E-state index < -0.39 is 0 Å². The van der Waals surface area contributed by atoms with Crippen LogP contribution in [-0.4, -0.2) is 15.9 Å². The summed E-state index contributed by atoms with van der Waals surface area (Å²) in [7, 11) is 0. The molecule has 3 rings (SSSR count). The number of nitrogens with two attached hydrogens (primary N) is 1. The molecule has 0 aliphatic rings. The van der Waals surface area contributed by atoms with Gasteiger partial charge in [0.15, 0.2) is 0 Å². The molecule has 3 N–H and O–H groups in total. The molecule has 1 amide bonds. The largest absolute Gasteiger partial charge is 0.326 e. The second-order valence-electron chi connectivity index (χ2n) is 4.56. The number of amides is 1. The van der Waals surface area contributed by atoms with Gasteiger partial charge >= 0.3 is 0 Å². The fourth-order valence-electron chi connectivity index (χ4n) is 2.07. The third-order valence-corrected chi connectivity index (χ3v) is 3.17. The van der Waals surface area contributed by atoms with Gasteiger partial charge in [0.05, 0.1) is 17.2 Å². The van der Waals surface area contributed by atoms with E-state index >= 15 is 0 Å². The maximum absolute atomic E-state index is 12.3. The van der Waals surface area contributed by atoms with Crippen molar-refractivity contribution in [2.75, 3.05) is 5.32 Å². The summed E-state index contributed by atoms with van der Waals surface area (Å²) in [5.41, 5.74) is 8.96. The monoisotopic (exact) mass is 278 g/mol. The number of hydrogen-bond donors (Lipinski definition) is 2. The maximum Gasteiger partial charge on any atom is 0.275 e. The van der Waals surface area contributed by atoms with E-state index in [2.05, 4.69) is 15.3 Å². The van der Waals surface area contributed by atoms with Crippen molar-refractivity contribution in [2.45, 2.75) is 6.54 Å². The first-order valence-electron chi connectivity index (χ1n) is 6.59. The standard InChI is InChI=1S/C16H14N4O/c17-9-11-5-1-2-6-12(11)20-16(21)15-10-18-13-7-3-4-8-14(13)19-15/h1-8,10H,9,17H2,(H,20,21). The van der Waals surface area contributed by atoms with Crippen LogP contribution in [0.1, 0.15) is 16.1 Å². The predicted octanol–water partition coefficient (Wildman–Crippen LogP) is 2.34. The second kappa shape index (κ2) is 5.68. The molecule has 2 aromatic carbocycles. The summed E-state index contributed by atoms with van der Waals surface area (Å²) >= 11 is 0. The lowest BCUT2D eigenvalue weighted by atomic mass is 10.2. The molecule has 0 aliphatic heterocycles. The average molecular weight is 278 g/mol. The van der Waals surface area contributed by atoms with Crippen molar-refractivity contribution in [1.29, 1.82) is 0 Å². The Bertz CT molecular complexity index is 801. The highest BCUT2D eigenvalue weighted by atomic mass is 16.1. The van der Waals surface area contributed by atoms with Gasteiger partial charge < -0.3 is 11.1 Å². The zero-order valence-electron chi connectivity index (χ0n) is 11.3. The van der Waals surface area contributed by atoms with Crippen LogP contribution < -0.4 is 11.1 Å². The minimum atomic E-state index is -0.297. The lowest BCUT2D eigenvalue weighted by molar-refractivity contribution is 0.102. The molecule has 5 heteroatoms. The summed E-state index contributed by atoms with van der Waals surface area (Å²) in [6.07, 6.45) is 1.47. The minimum Gasteiger partial charge on any atom is -0.326 e. The molecule has 0 fully saturated rings. The Kier molecular flexibility index (Phi) is 3.57. The third-order valence-electron chi connectivity index (χ3n) is 3.17. The molecule has 0 spiro atoms. The zero-order chi connectivity index (χ0) is 14.7. The summed E-state index contributed by atoms with van der Waals surface area (Å²) < 4.78 is 0. The number of hydrogen-bond acceptors (Lipinski definition) is 4. The maximum atomic E-state index is 12.3. The van der Waals surface area contributed by atoms with Crippen LogP contribution in [0.2, 0.25) is 0 Å². The van der Waals surface area contributed by atoms with E-state index in [-0.39, 0.29) is 11.6 Å². The van der Waals surface area contributed by atoms with Gasteiger partial charge in [0.2, 0.25) is 0 Å². The van der Waals surface area contributed by atoms with Gasteiger partial charge in [-0.15, -0.1) is 0 Å². The van der Waals surface area contributed by atoms with E-state index in [0.29, 0.717) is 17.7 Å². The summed E-state index contributed by atoms with van der Waals surface area (Å²) in [5, 5.41) is 2.82. The lowest BCUT2D eigenvalue weighted by Crippen LogP contribution is -2.16. The summed E-state index contributed by atoms with van der Waals surface area (Å²) in [6.45, 7) is 0.361. The molecule has 0 saturated carbocycles. The Hall–Kier alpha value is -2.79. The number of benzene rings is 2. The number of carbonyl (C=O) groups is 1. The van der Waals surface area contributed by atoms with Gasteiger partial charge in [0.25, 0.3) is 5.91 Å². The SMILES string of the molecule is NCc1ccccc1NC(=O)c1cnc2ccccc2n1. The summed E-state index contributed by atoms with van der Waals surface area (Å²) in [5.74, 6) is -0.297. The molecular formula is C16H14N4O. The molecular weight excluding hydrogens is 264 g/mol.